The second-order valence-corrected chi connectivity index (χ2v) is 4.22. The van der Waals surface area contributed by atoms with Crippen LogP contribution in [0.2, 0.25) is 0 Å². The zero-order valence-electron chi connectivity index (χ0n) is 10.5. The third kappa shape index (κ3) is 2.22. The van der Waals surface area contributed by atoms with Crippen molar-refractivity contribution in [3.8, 4) is 6.07 Å². The Morgan fingerprint density at radius 3 is 2.80 bits per heavy atom. The molecule has 0 unspecified atom stereocenters. The Kier molecular flexibility index (Phi) is 2.89. The quantitative estimate of drug-likeness (QED) is 0.664. The summed E-state index contributed by atoms with van der Waals surface area (Å²) in [5.74, 6) is 0.764. The third-order valence-electron chi connectivity index (χ3n) is 2.83. The molecule has 0 amide bonds. The van der Waals surface area contributed by atoms with E-state index in [2.05, 4.69) is 31.6 Å². The van der Waals surface area contributed by atoms with E-state index < -0.39 is 0 Å². The van der Waals surface area contributed by atoms with Crippen molar-refractivity contribution in [2.75, 3.05) is 11.1 Å². The number of aromatic amines is 1. The van der Waals surface area contributed by atoms with Crippen LogP contribution in [0.15, 0.2) is 30.5 Å². The van der Waals surface area contributed by atoms with Gasteiger partial charge in [0.1, 0.15) is 5.82 Å². The first kappa shape index (κ1) is 11.9. The van der Waals surface area contributed by atoms with E-state index in [9.17, 15) is 0 Å². The summed E-state index contributed by atoms with van der Waals surface area (Å²) in [6.07, 6.45) is 2.04. The molecule has 0 bridgehead atoms. The van der Waals surface area contributed by atoms with Gasteiger partial charge in [-0.1, -0.05) is 12.1 Å². The number of nitrogens with two attached hydrogens (primary N) is 1. The molecule has 1 aromatic carbocycles. The Hall–Kier alpha value is -3.14. The number of rotatable bonds is 3. The minimum Gasteiger partial charge on any atom is -0.368 e. The molecule has 0 atom stereocenters. The van der Waals surface area contributed by atoms with Crippen LogP contribution in [0.3, 0.4) is 0 Å². The zero-order valence-corrected chi connectivity index (χ0v) is 10.5. The van der Waals surface area contributed by atoms with E-state index in [4.69, 9.17) is 11.0 Å². The summed E-state index contributed by atoms with van der Waals surface area (Å²) in [5, 5.41) is 19.3. The highest BCUT2D eigenvalue weighted by Crippen LogP contribution is 2.23. The van der Waals surface area contributed by atoms with Crippen LogP contribution in [-0.4, -0.2) is 20.2 Å². The van der Waals surface area contributed by atoms with Gasteiger partial charge in [-0.25, -0.2) is 0 Å². The van der Waals surface area contributed by atoms with Gasteiger partial charge in [0.25, 0.3) is 0 Å². The number of nitriles is 1. The Balaban J connectivity index is 1.93. The van der Waals surface area contributed by atoms with Gasteiger partial charge >= 0.3 is 0 Å². The Morgan fingerprint density at radius 2 is 2.05 bits per heavy atom. The van der Waals surface area contributed by atoms with Crippen molar-refractivity contribution >= 4 is 28.5 Å². The number of fused-ring (bicyclic) bond motifs is 1. The van der Waals surface area contributed by atoms with Gasteiger partial charge in [0.15, 0.2) is 5.65 Å². The molecular weight excluding hydrogens is 254 g/mol. The summed E-state index contributed by atoms with van der Waals surface area (Å²) in [5.41, 5.74) is 8.06. The number of benzene rings is 1. The van der Waals surface area contributed by atoms with Crippen LogP contribution in [0.25, 0.3) is 11.0 Å². The highest BCUT2D eigenvalue weighted by atomic mass is 15.2. The molecule has 7 heteroatoms. The zero-order chi connectivity index (χ0) is 13.9. The summed E-state index contributed by atoms with van der Waals surface area (Å²) in [7, 11) is 0. The predicted molar refractivity (Wildman–Crippen MR) is 75.1 cm³/mol. The lowest BCUT2D eigenvalue weighted by Crippen LogP contribution is -2.00. The Morgan fingerprint density at radius 1 is 1.25 bits per heavy atom. The first-order valence-corrected chi connectivity index (χ1v) is 5.96. The van der Waals surface area contributed by atoms with Crippen LogP contribution in [0.4, 0.5) is 17.5 Å². The molecule has 20 heavy (non-hydrogen) atoms. The van der Waals surface area contributed by atoms with Crippen LogP contribution in [0.1, 0.15) is 5.56 Å². The molecule has 0 aliphatic carbocycles. The van der Waals surface area contributed by atoms with Gasteiger partial charge in [0, 0.05) is 5.69 Å². The number of aromatic nitrogens is 4. The van der Waals surface area contributed by atoms with E-state index in [-0.39, 0.29) is 5.95 Å². The minimum absolute atomic E-state index is 0.172. The maximum absolute atomic E-state index is 8.64. The van der Waals surface area contributed by atoms with E-state index in [1.165, 1.54) is 0 Å². The molecule has 7 nitrogen and oxygen atoms in total. The molecule has 98 valence electrons. The lowest BCUT2D eigenvalue weighted by Gasteiger charge is -2.07. The molecule has 3 aromatic rings. The van der Waals surface area contributed by atoms with Gasteiger partial charge in [-0.05, 0) is 17.7 Å². The molecule has 0 aliphatic rings. The molecular formula is C13H11N7. The maximum Gasteiger partial charge on any atom is 0.224 e. The molecule has 2 aromatic heterocycles. The first-order valence-electron chi connectivity index (χ1n) is 5.96. The summed E-state index contributed by atoms with van der Waals surface area (Å²) >= 11 is 0. The fourth-order valence-electron chi connectivity index (χ4n) is 1.88. The van der Waals surface area contributed by atoms with Crippen molar-refractivity contribution in [2.45, 2.75) is 6.42 Å². The SMILES string of the molecule is N#CCc1ccc(Nc2nc(N)nc3[nH]ncc23)cc1. The molecule has 0 spiro atoms. The van der Waals surface area contributed by atoms with Crippen LogP contribution in [-0.2, 0) is 6.42 Å². The van der Waals surface area contributed by atoms with Gasteiger partial charge in [-0.15, -0.1) is 0 Å². The topological polar surface area (TPSA) is 116 Å². The largest absolute Gasteiger partial charge is 0.368 e. The lowest BCUT2D eigenvalue weighted by atomic mass is 10.1. The van der Waals surface area contributed by atoms with Gasteiger partial charge in [-0.2, -0.15) is 20.3 Å². The van der Waals surface area contributed by atoms with Crippen LogP contribution >= 0.6 is 0 Å². The average Bonchev–Trinajstić information content (AvgIpc) is 2.89. The van der Waals surface area contributed by atoms with Gasteiger partial charge in [0.05, 0.1) is 24.1 Å². The number of hydrogen-bond acceptors (Lipinski definition) is 6. The van der Waals surface area contributed by atoms with E-state index in [1.807, 2.05) is 24.3 Å². The molecule has 0 saturated carbocycles. The normalized spacial score (nSPS) is 10.3. The first-order chi connectivity index (χ1) is 9.76. The minimum atomic E-state index is 0.172. The van der Waals surface area contributed by atoms with E-state index in [0.717, 1.165) is 16.6 Å². The van der Waals surface area contributed by atoms with Crippen molar-refractivity contribution in [1.29, 1.82) is 5.26 Å². The monoisotopic (exact) mass is 265 g/mol. The third-order valence-corrected chi connectivity index (χ3v) is 2.83. The molecule has 3 rings (SSSR count). The standard InChI is InChI=1S/C13H11N7/c14-6-5-8-1-3-9(4-2-8)17-11-10-7-16-20-12(10)19-13(15)18-11/h1-4,7H,5H2,(H4,15,16,17,18,19,20). The van der Waals surface area contributed by atoms with Crippen molar-refractivity contribution in [3.05, 3.63) is 36.0 Å². The summed E-state index contributed by atoms with van der Waals surface area (Å²) in [4.78, 5) is 8.22. The van der Waals surface area contributed by atoms with Crippen molar-refractivity contribution in [2.24, 2.45) is 0 Å². The van der Waals surface area contributed by atoms with Crippen molar-refractivity contribution < 1.29 is 0 Å². The van der Waals surface area contributed by atoms with E-state index in [0.29, 0.717) is 17.9 Å². The summed E-state index contributed by atoms with van der Waals surface area (Å²) in [6.45, 7) is 0. The summed E-state index contributed by atoms with van der Waals surface area (Å²) in [6, 6.07) is 9.67. The Bertz CT molecular complexity index is 783. The van der Waals surface area contributed by atoms with Crippen LogP contribution < -0.4 is 11.1 Å². The van der Waals surface area contributed by atoms with Gasteiger partial charge in [0.2, 0.25) is 5.95 Å². The number of anilines is 3. The predicted octanol–water partition coefficient (Wildman–Crippen LogP) is 1.74. The second-order valence-electron chi connectivity index (χ2n) is 4.22. The molecule has 0 saturated heterocycles. The number of hydrogen-bond donors (Lipinski definition) is 3. The van der Waals surface area contributed by atoms with Crippen LogP contribution in [0.5, 0.6) is 0 Å². The molecule has 0 aliphatic heterocycles. The molecule has 0 fully saturated rings. The van der Waals surface area contributed by atoms with Crippen molar-refractivity contribution in [1.82, 2.24) is 20.2 Å². The van der Waals surface area contributed by atoms with E-state index in [1.54, 1.807) is 6.20 Å². The highest BCUT2D eigenvalue weighted by molar-refractivity contribution is 5.88. The fraction of sp³-hybridized carbons (Fsp3) is 0.0769. The maximum atomic E-state index is 8.64. The van der Waals surface area contributed by atoms with Gasteiger partial charge < -0.3 is 11.1 Å². The molecule has 4 N–H and O–H groups in total. The van der Waals surface area contributed by atoms with Gasteiger partial charge in [-0.3, -0.25) is 5.10 Å². The number of nitrogens with one attached hydrogen (secondary N) is 2. The number of H-pyrrole nitrogens is 1. The molecule has 2 heterocycles. The molecule has 0 radical (unpaired) electrons. The number of nitrogens with zero attached hydrogens (tertiary/aromatic N) is 4. The van der Waals surface area contributed by atoms with Crippen LogP contribution in [0, 0.1) is 11.3 Å². The smallest absolute Gasteiger partial charge is 0.224 e. The van der Waals surface area contributed by atoms with Crippen molar-refractivity contribution in [3.63, 3.8) is 0 Å². The summed E-state index contributed by atoms with van der Waals surface area (Å²) < 4.78 is 0. The second kappa shape index (κ2) is 4.85. The Labute approximate surface area is 114 Å². The highest BCUT2D eigenvalue weighted by Gasteiger charge is 2.08. The van der Waals surface area contributed by atoms with E-state index >= 15 is 0 Å². The number of nitrogen functional groups attached to an aromatic ring is 1. The fourth-order valence-corrected chi connectivity index (χ4v) is 1.88. The average molecular weight is 265 g/mol. The lowest BCUT2D eigenvalue weighted by molar-refractivity contribution is 1.09.